The van der Waals surface area contributed by atoms with Gasteiger partial charge in [-0.2, -0.15) is 4.31 Å². The minimum absolute atomic E-state index is 0.141. The second-order valence-electron chi connectivity index (χ2n) is 7.82. The summed E-state index contributed by atoms with van der Waals surface area (Å²) in [6.45, 7) is 2.90. The molecule has 2 heterocycles. The van der Waals surface area contributed by atoms with E-state index in [4.69, 9.17) is 0 Å². The van der Waals surface area contributed by atoms with Crippen molar-refractivity contribution in [3.8, 4) is 0 Å². The Hall–Kier alpha value is -3.24. The Bertz CT molecular complexity index is 1140. The molecule has 4 rings (SSSR count). The number of aryl methyl sites for hydroxylation is 1. The van der Waals surface area contributed by atoms with E-state index in [0.29, 0.717) is 11.3 Å². The van der Waals surface area contributed by atoms with Gasteiger partial charge in [0.15, 0.2) is 0 Å². The number of carbonyl (C=O) groups excluding carboxylic acids is 3. The fourth-order valence-electron chi connectivity index (χ4n) is 3.71. The Labute approximate surface area is 186 Å². The lowest BCUT2D eigenvalue weighted by Crippen LogP contribution is -2.51. The van der Waals surface area contributed by atoms with Gasteiger partial charge in [-0.15, -0.1) is 0 Å². The second kappa shape index (κ2) is 8.71. The molecule has 3 amide bonds. The number of anilines is 1. The van der Waals surface area contributed by atoms with E-state index in [9.17, 15) is 22.8 Å². The van der Waals surface area contributed by atoms with Crippen LogP contribution in [0.3, 0.4) is 0 Å². The molecule has 2 aromatic carbocycles. The van der Waals surface area contributed by atoms with E-state index in [-0.39, 0.29) is 61.6 Å². The molecular weight excluding hydrogens is 432 g/mol. The van der Waals surface area contributed by atoms with Crippen molar-refractivity contribution in [3.63, 3.8) is 0 Å². The number of sulfonamides is 1. The highest BCUT2D eigenvalue weighted by Gasteiger charge is 2.30. The van der Waals surface area contributed by atoms with Crippen molar-refractivity contribution in [3.05, 3.63) is 59.7 Å². The van der Waals surface area contributed by atoms with Gasteiger partial charge in [-0.3, -0.25) is 19.8 Å². The summed E-state index contributed by atoms with van der Waals surface area (Å²) < 4.78 is 27.1. The lowest BCUT2D eigenvalue weighted by atomic mass is 10.1. The zero-order valence-electron chi connectivity index (χ0n) is 17.7. The molecule has 32 heavy (non-hydrogen) atoms. The van der Waals surface area contributed by atoms with Gasteiger partial charge >= 0.3 is 0 Å². The van der Waals surface area contributed by atoms with Gasteiger partial charge < -0.3 is 4.90 Å². The highest BCUT2D eigenvalue weighted by Crippen LogP contribution is 2.21. The van der Waals surface area contributed by atoms with Crippen LogP contribution in [0.15, 0.2) is 53.4 Å². The van der Waals surface area contributed by atoms with Gasteiger partial charge in [0.2, 0.25) is 21.8 Å². The summed E-state index contributed by atoms with van der Waals surface area (Å²) in [5, 5.41) is 1.19. The van der Waals surface area contributed by atoms with E-state index in [0.717, 1.165) is 5.56 Å². The molecule has 2 fully saturated rings. The van der Waals surface area contributed by atoms with Crippen LogP contribution in [0.2, 0.25) is 0 Å². The Morgan fingerprint density at radius 3 is 2.12 bits per heavy atom. The van der Waals surface area contributed by atoms with Crippen LogP contribution in [0, 0.1) is 6.92 Å². The predicted octanol–water partition coefficient (Wildman–Crippen LogP) is 1.30. The molecule has 2 aliphatic heterocycles. The zero-order valence-corrected chi connectivity index (χ0v) is 18.5. The van der Waals surface area contributed by atoms with Gasteiger partial charge in [0, 0.05) is 44.6 Å². The smallest absolute Gasteiger partial charge is 0.253 e. The first-order chi connectivity index (χ1) is 15.3. The highest BCUT2D eigenvalue weighted by atomic mass is 32.2. The SMILES string of the molecule is Cc1ccc(S(=O)(=O)N2CCN(C(=O)c3ccc(N4NC(=O)CCC4=O)cc3)CC2)cc1. The number of rotatable bonds is 4. The number of carbonyl (C=O) groups is 3. The number of hydrazine groups is 1. The summed E-state index contributed by atoms with van der Waals surface area (Å²) in [5.74, 6) is -0.657. The minimum atomic E-state index is -3.60. The standard InChI is InChI=1S/C22H24N4O5S/c1-16-2-8-19(9-3-16)32(30,31)25-14-12-24(13-15-25)22(29)17-4-6-18(7-5-17)26-21(28)11-10-20(27)23-26/h2-9H,10-15H2,1H3,(H,23,27). The van der Waals surface area contributed by atoms with E-state index < -0.39 is 10.0 Å². The first kappa shape index (κ1) is 22.0. The van der Waals surface area contributed by atoms with Crippen molar-refractivity contribution in [1.29, 1.82) is 0 Å². The molecule has 0 aromatic heterocycles. The summed E-state index contributed by atoms with van der Waals surface area (Å²) in [6, 6.07) is 13.1. The Balaban J connectivity index is 1.39. The van der Waals surface area contributed by atoms with Crippen molar-refractivity contribution < 1.29 is 22.8 Å². The van der Waals surface area contributed by atoms with Crippen LogP contribution < -0.4 is 10.4 Å². The minimum Gasteiger partial charge on any atom is -0.336 e. The Morgan fingerprint density at radius 2 is 1.50 bits per heavy atom. The molecule has 2 saturated heterocycles. The van der Waals surface area contributed by atoms with Crippen LogP contribution in [-0.2, 0) is 19.6 Å². The number of nitrogens with one attached hydrogen (secondary N) is 1. The fraction of sp³-hybridized carbons (Fsp3) is 0.318. The van der Waals surface area contributed by atoms with Crippen molar-refractivity contribution in [1.82, 2.24) is 14.6 Å². The maximum atomic E-state index is 12.9. The molecule has 0 atom stereocenters. The summed E-state index contributed by atoms with van der Waals surface area (Å²) in [7, 11) is -3.60. The van der Waals surface area contributed by atoms with Crippen LogP contribution in [0.5, 0.6) is 0 Å². The maximum absolute atomic E-state index is 12.9. The van der Waals surface area contributed by atoms with Crippen molar-refractivity contribution in [2.45, 2.75) is 24.7 Å². The van der Waals surface area contributed by atoms with Crippen LogP contribution in [-0.4, -0.2) is 61.5 Å². The molecule has 0 radical (unpaired) electrons. The summed E-state index contributed by atoms with van der Waals surface area (Å²) >= 11 is 0. The number of amides is 3. The van der Waals surface area contributed by atoms with Gasteiger partial charge in [-0.25, -0.2) is 13.4 Å². The summed E-state index contributed by atoms with van der Waals surface area (Å²) in [6.07, 6.45) is 0.305. The first-order valence-electron chi connectivity index (χ1n) is 10.3. The number of piperazine rings is 1. The third-order valence-corrected chi connectivity index (χ3v) is 7.52. The van der Waals surface area contributed by atoms with Crippen molar-refractivity contribution >= 4 is 33.4 Å². The van der Waals surface area contributed by atoms with Gasteiger partial charge in [0.25, 0.3) is 5.91 Å². The van der Waals surface area contributed by atoms with Crippen LogP contribution >= 0.6 is 0 Å². The average Bonchev–Trinajstić information content (AvgIpc) is 2.81. The number of hydrogen-bond acceptors (Lipinski definition) is 5. The molecule has 0 unspecified atom stereocenters. The van der Waals surface area contributed by atoms with E-state index in [1.54, 1.807) is 53.4 Å². The van der Waals surface area contributed by atoms with Gasteiger partial charge in [0.05, 0.1) is 10.6 Å². The third-order valence-electron chi connectivity index (χ3n) is 5.61. The van der Waals surface area contributed by atoms with Crippen molar-refractivity contribution in [2.75, 3.05) is 31.2 Å². The van der Waals surface area contributed by atoms with E-state index in [1.807, 2.05) is 6.92 Å². The lowest BCUT2D eigenvalue weighted by Gasteiger charge is -2.34. The molecule has 0 saturated carbocycles. The van der Waals surface area contributed by atoms with Gasteiger partial charge in [-0.1, -0.05) is 17.7 Å². The summed E-state index contributed by atoms with van der Waals surface area (Å²) in [5.41, 5.74) is 4.41. The Kier molecular flexibility index (Phi) is 5.98. The van der Waals surface area contributed by atoms with Crippen LogP contribution in [0.1, 0.15) is 28.8 Å². The lowest BCUT2D eigenvalue weighted by molar-refractivity contribution is -0.130. The molecule has 0 spiro atoms. The molecule has 0 bridgehead atoms. The predicted molar refractivity (Wildman–Crippen MR) is 117 cm³/mol. The topological polar surface area (TPSA) is 107 Å². The van der Waals surface area contributed by atoms with Crippen LogP contribution in [0.25, 0.3) is 0 Å². The monoisotopic (exact) mass is 456 g/mol. The molecule has 2 aromatic rings. The van der Waals surface area contributed by atoms with E-state index in [1.165, 1.54) is 9.31 Å². The molecule has 168 valence electrons. The Morgan fingerprint density at radius 1 is 0.875 bits per heavy atom. The quantitative estimate of drug-likeness (QED) is 0.746. The molecule has 9 nitrogen and oxygen atoms in total. The largest absolute Gasteiger partial charge is 0.336 e. The number of nitrogens with zero attached hydrogens (tertiary/aromatic N) is 3. The molecule has 0 aliphatic carbocycles. The van der Waals surface area contributed by atoms with Crippen molar-refractivity contribution in [2.24, 2.45) is 0 Å². The third kappa shape index (κ3) is 4.37. The molecular formula is C22H24N4O5S. The summed E-state index contributed by atoms with van der Waals surface area (Å²) in [4.78, 5) is 38.3. The number of benzene rings is 2. The van der Waals surface area contributed by atoms with Gasteiger partial charge in [-0.05, 0) is 43.3 Å². The first-order valence-corrected chi connectivity index (χ1v) is 11.8. The van der Waals surface area contributed by atoms with Gasteiger partial charge in [0.1, 0.15) is 0 Å². The molecule has 2 aliphatic rings. The molecule has 10 heteroatoms. The van der Waals surface area contributed by atoms with E-state index >= 15 is 0 Å². The molecule has 1 N–H and O–H groups in total. The second-order valence-corrected chi connectivity index (χ2v) is 9.76. The average molecular weight is 457 g/mol. The highest BCUT2D eigenvalue weighted by molar-refractivity contribution is 7.89. The number of hydrogen-bond donors (Lipinski definition) is 1. The van der Waals surface area contributed by atoms with E-state index in [2.05, 4.69) is 5.43 Å². The maximum Gasteiger partial charge on any atom is 0.253 e. The fourth-order valence-corrected chi connectivity index (χ4v) is 5.13. The van der Waals surface area contributed by atoms with Crippen LogP contribution in [0.4, 0.5) is 5.69 Å². The normalized spacial score (nSPS) is 17.9. The zero-order chi connectivity index (χ0) is 22.9.